The van der Waals surface area contributed by atoms with Gasteiger partial charge in [-0.3, -0.25) is 0 Å². The molecule has 4 rings (SSSR count). The van der Waals surface area contributed by atoms with Crippen LogP contribution >= 0.6 is 0 Å². The number of allylic oxidation sites excluding steroid dienone is 5. The minimum atomic E-state index is 0.421. The molecule has 120 valence electrons. The van der Waals surface area contributed by atoms with Gasteiger partial charge in [-0.05, 0) is 75.3 Å². The summed E-state index contributed by atoms with van der Waals surface area (Å²) in [6.45, 7) is 3.79. The predicted molar refractivity (Wildman–Crippen MR) is 93.6 cm³/mol. The molecule has 2 saturated carbocycles. The van der Waals surface area contributed by atoms with E-state index in [-0.39, 0.29) is 0 Å². The van der Waals surface area contributed by atoms with Crippen molar-refractivity contribution in [1.29, 1.82) is 0 Å². The summed E-state index contributed by atoms with van der Waals surface area (Å²) in [7, 11) is 4.49. The fraction of sp³-hybridized carbons (Fsp3) is 0.714. The number of hydrogen-bond acceptors (Lipinski definition) is 1. The van der Waals surface area contributed by atoms with Gasteiger partial charge in [0.1, 0.15) is 0 Å². The third-order valence-electron chi connectivity index (χ3n) is 7.46. The lowest BCUT2D eigenvalue weighted by molar-refractivity contribution is -0.0563. The Morgan fingerprint density at radius 1 is 1.05 bits per heavy atom. The number of hydrogen-bond donors (Lipinski definition) is 0. The summed E-state index contributed by atoms with van der Waals surface area (Å²) in [5, 5.41) is 0. The van der Waals surface area contributed by atoms with Gasteiger partial charge >= 0.3 is 0 Å². The highest BCUT2D eigenvalue weighted by molar-refractivity contribution is 5.25. The van der Waals surface area contributed by atoms with E-state index in [2.05, 4.69) is 62.4 Å². The van der Waals surface area contributed by atoms with E-state index in [9.17, 15) is 0 Å². The maximum atomic E-state index is 2.60. The van der Waals surface area contributed by atoms with Crippen LogP contribution in [0.1, 0.15) is 39.0 Å². The van der Waals surface area contributed by atoms with Crippen molar-refractivity contribution >= 4 is 0 Å². The monoisotopic (exact) mass is 297 g/mol. The Bertz CT molecular complexity index is 528. The number of fused-ring (bicyclic) bond motifs is 5. The third-order valence-corrected chi connectivity index (χ3v) is 7.46. The summed E-state index contributed by atoms with van der Waals surface area (Å²) in [6.07, 6.45) is 21.7. The molecule has 0 amide bonds. The molecule has 4 aliphatic rings. The van der Waals surface area contributed by atoms with Gasteiger partial charge in [-0.15, -0.1) is 0 Å². The Labute approximate surface area is 136 Å². The first kappa shape index (κ1) is 14.8. The molecule has 1 heteroatoms. The first-order chi connectivity index (χ1) is 10.6. The van der Waals surface area contributed by atoms with Crippen molar-refractivity contribution < 1.29 is 0 Å². The van der Waals surface area contributed by atoms with Crippen LogP contribution in [0.4, 0.5) is 0 Å². The normalized spacial score (nSPS) is 49.1. The van der Waals surface area contributed by atoms with Gasteiger partial charge in [0.05, 0.1) is 0 Å². The van der Waals surface area contributed by atoms with Crippen LogP contribution in [0.25, 0.3) is 0 Å². The van der Waals surface area contributed by atoms with Gasteiger partial charge in [0.15, 0.2) is 0 Å². The van der Waals surface area contributed by atoms with Gasteiger partial charge in [-0.25, -0.2) is 0 Å². The Hall–Kier alpha value is -0.820. The largest absolute Gasteiger partial charge is 0.309 e. The van der Waals surface area contributed by atoms with E-state index >= 15 is 0 Å². The van der Waals surface area contributed by atoms with Crippen molar-refractivity contribution in [1.82, 2.24) is 4.90 Å². The molecular formula is C21H31N. The molecule has 1 nitrogen and oxygen atoms in total. The van der Waals surface area contributed by atoms with Crippen LogP contribution in [0.15, 0.2) is 36.5 Å². The highest BCUT2D eigenvalue weighted by atomic mass is 15.1. The molecule has 0 aromatic heterocycles. The smallest absolute Gasteiger partial charge is 0.00695 e. The Morgan fingerprint density at radius 2 is 1.91 bits per heavy atom. The van der Waals surface area contributed by atoms with Crippen LogP contribution in [-0.2, 0) is 0 Å². The van der Waals surface area contributed by atoms with E-state index in [1.165, 1.54) is 38.6 Å². The standard InChI is InChI=1S/C21H31N/c1-20-12-5-4-7-16(20)9-10-17-18(20)11-14-21(15-22(2)3)13-6-8-19(17)21/h4-7,12-13,16-19H,8-11,14-15H2,1-3H3/t16?,17-,18+,19+,20+,21+/m1/s1. The first-order valence-electron chi connectivity index (χ1n) is 9.24. The zero-order chi connectivity index (χ0) is 15.4. The van der Waals surface area contributed by atoms with Crippen molar-refractivity contribution in [2.75, 3.05) is 20.6 Å². The minimum absolute atomic E-state index is 0.421. The highest BCUT2D eigenvalue weighted by Crippen LogP contribution is 2.63. The van der Waals surface area contributed by atoms with Crippen LogP contribution in [0, 0.1) is 34.5 Å². The van der Waals surface area contributed by atoms with Crippen molar-refractivity contribution in [3.8, 4) is 0 Å². The number of rotatable bonds is 2. The molecule has 0 bridgehead atoms. The van der Waals surface area contributed by atoms with Gasteiger partial charge in [0, 0.05) is 12.0 Å². The topological polar surface area (TPSA) is 3.24 Å². The van der Waals surface area contributed by atoms with E-state index in [1.54, 1.807) is 0 Å². The van der Waals surface area contributed by atoms with E-state index in [0.29, 0.717) is 10.8 Å². The molecule has 0 aliphatic heterocycles. The average Bonchev–Trinajstić information content (AvgIpc) is 2.89. The van der Waals surface area contributed by atoms with Crippen molar-refractivity contribution in [2.45, 2.75) is 39.0 Å². The molecule has 4 aliphatic carbocycles. The summed E-state index contributed by atoms with van der Waals surface area (Å²) in [5.74, 6) is 3.51. The van der Waals surface area contributed by atoms with E-state index < -0.39 is 0 Å². The summed E-state index contributed by atoms with van der Waals surface area (Å²) in [5.41, 5.74) is 0.895. The molecule has 6 atom stereocenters. The van der Waals surface area contributed by atoms with E-state index in [0.717, 1.165) is 23.7 Å². The molecule has 0 heterocycles. The Kier molecular flexibility index (Phi) is 3.41. The zero-order valence-corrected chi connectivity index (χ0v) is 14.5. The molecule has 0 aromatic rings. The molecule has 0 radical (unpaired) electrons. The van der Waals surface area contributed by atoms with E-state index in [4.69, 9.17) is 0 Å². The second-order valence-electron chi connectivity index (χ2n) is 8.82. The molecule has 2 fully saturated rings. The van der Waals surface area contributed by atoms with Gasteiger partial charge in [-0.1, -0.05) is 43.4 Å². The average molecular weight is 297 g/mol. The summed E-state index contributed by atoms with van der Waals surface area (Å²) in [6, 6.07) is 0. The lowest BCUT2D eigenvalue weighted by atomic mass is 9.47. The van der Waals surface area contributed by atoms with Crippen molar-refractivity contribution in [3.63, 3.8) is 0 Å². The van der Waals surface area contributed by atoms with Crippen LogP contribution in [0.2, 0.25) is 0 Å². The van der Waals surface area contributed by atoms with Crippen LogP contribution < -0.4 is 0 Å². The number of nitrogens with zero attached hydrogens (tertiary/aromatic N) is 1. The zero-order valence-electron chi connectivity index (χ0n) is 14.5. The van der Waals surface area contributed by atoms with Gasteiger partial charge in [0.25, 0.3) is 0 Å². The quantitative estimate of drug-likeness (QED) is 0.669. The summed E-state index contributed by atoms with van der Waals surface area (Å²) >= 11 is 0. The molecule has 0 saturated heterocycles. The third kappa shape index (κ3) is 2.01. The highest BCUT2D eigenvalue weighted by Gasteiger charge is 2.56. The predicted octanol–water partition coefficient (Wildman–Crippen LogP) is 4.68. The molecule has 22 heavy (non-hydrogen) atoms. The second-order valence-corrected chi connectivity index (χ2v) is 8.82. The maximum absolute atomic E-state index is 2.60. The second kappa shape index (κ2) is 5.09. The lowest BCUT2D eigenvalue weighted by Gasteiger charge is -2.58. The molecule has 0 spiro atoms. The fourth-order valence-corrected chi connectivity index (χ4v) is 6.58. The van der Waals surface area contributed by atoms with E-state index in [1.807, 2.05) is 0 Å². The summed E-state index contributed by atoms with van der Waals surface area (Å²) in [4.78, 5) is 2.42. The molecule has 0 aromatic carbocycles. The fourth-order valence-electron chi connectivity index (χ4n) is 6.58. The Balaban J connectivity index is 1.65. The Morgan fingerprint density at radius 3 is 2.73 bits per heavy atom. The molecular weight excluding hydrogens is 266 g/mol. The first-order valence-corrected chi connectivity index (χ1v) is 9.24. The van der Waals surface area contributed by atoms with Crippen LogP contribution in [0.3, 0.4) is 0 Å². The lowest BCUT2D eigenvalue weighted by Crippen LogP contribution is -2.52. The SMILES string of the molecule is CN(C)C[C@@]12C=CC[C@H]1[C@@H]1CCC3C=CC=C[C@]3(C)[C@H]1CC2. The molecule has 1 unspecified atom stereocenters. The van der Waals surface area contributed by atoms with Crippen LogP contribution in [0.5, 0.6) is 0 Å². The van der Waals surface area contributed by atoms with Gasteiger partial charge in [-0.2, -0.15) is 0 Å². The van der Waals surface area contributed by atoms with Crippen molar-refractivity contribution in [3.05, 3.63) is 36.5 Å². The van der Waals surface area contributed by atoms with Crippen LogP contribution in [-0.4, -0.2) is 25.5 Å². The van der Waals surface area contributed by atoms with Crippen molar-refractivity contribution in [2.24, 2.45) is 34.5 Å². The maximum Gasteiger partial charge on any atom is 0.00695 e. The minimum Gasteiger partial charge on any atom is -0.309 e. The summed E-state index contributed by atoms with van der Waals surface area (Å²) < 4.78 is 0. The van der Waals surface area contributed by atoms with Gasteiger partial charge in [0.2, 0.25) is 0 Å². The molecule has 0 N–H and O–H groups in total. The van der Waals surface area contributed by atoms with Gasteiger partial charge < -0.3 is 4.90 Å².